The van der Waals surface area contributed by atoms with Gasteiger partial charge in [0.25, 0.3) is 0 Å². The largest absolute Gasteiger partial charge is 0.493 e. The van der Waals surface area contributed by atoms with Crippen LogP contribution < -0.4 is 0 Å². The molecule has 0 radical (unpaired) electrons. The van der Waals surface area contributed by atoms with E-state index < -0.39 is 35.1 Å². The van der Waals surface area contributed by atoms with Gasteiger partial charge >= 0.3 is 0 Å². The molecule has 6 atom stereocenters. The molecule has 0 fully saturated rings. The Labute approximate surface area is 148 Å². The molecule has 0 spiro atoms. The molecule has 1 aliphatic heterocycles. The molecule has 6 heteroatoms. The van der Waals surface area contributed by atoms with E-state index >= 15 is 0 Å². The predicted octanol–water partition coefficient (Wildman–Crippen LogP) is 0.852. The summed E-state index contributed by atoms with van der Waals surface area (Å²) in [6, 6.07) is 0. The zero-order valence-electron chi connectivity index (χ0n) is 15.1. The van der Waals surface area contributed by atoms with E-state index in [9.17, 15) is 25.2 Å². The maximum atomic E-state index is 12.0. The molecule has 6 nitrogen and oxygen atoms in total. The summed E-state index contributed by atoms with van der Waals surface area (Å²) in [7, 11) is 0. The van der Waals surface area contributed by atoms with Gasteiger partial charge in [0.2, 0.25) is 0 Å². The SMILES string of the molecule is CC[C@H](C)[C@H](O)[C@](C)(O)C=CC1=CC2=CC(=O)[C@](C)(O)[C@H](O)[C@H]2CO1. The second kappa shape index (κ2) is 7.03. The van der Waals surface area contributed by atoms with Crippen molar-refractivity contribution < 1.29 is 30.0 Å². The highest BCUT2D eigenvalue weighted by molar-refractivity contribution is 5.99. The van der Waals surface area contributed by atoms with Gasteiger partial charge in [-0.05, 0) is 49.6 Å². The van der Waals surface area contributed by atoms with E-state index in [1.165, 1.54) is 26.0 Å². The van der Waals surface area contributed by atoms with Crippen LogP contribution in [0.1, 0.15) is 34.1 Å². The van der Waals surface area contributed by atoms with Crippen LogP contribution in [-0.2, 0) is 9.53 Å². The van der Waals surface area contributed by atoms with Crippen molar-refractivity contribution in [3.63, 3.8) is 0 Å². The molecule has 0 aromatic carbocycles. The Kier molecular flexibility index (Phi) is 5.59. The zero-order chi connectivity index (χ0) is 19.0. The first-order valence-corrected chi connectivity index (χ1v) is 8.61. The Morgan fingerprint density at radius 2 is 2.12 bits per heavy atom. The molecule has 1 aliphatic carbocycles. The maximum absolute atomic E-state index is 12.0. The van der Waals surface area contributed by atoms with E-state index in [4.69, 9.17) is 4.74 Å². The minimum absolute atomic E-state index is 0.0682. The molecule has 2 aliphatic rings. The first-order valence-electron chi connectivity index (χ1n) is 8.61. The summed E-state index contributed by atoms with van der Waals surface area (Å²) in [6.07, 6.45) is 4.51. The molecule has 0 amide bonds. The summed E-state index contributed by atoms with van der Waals surface area (Å²) in [6.45, 7) is 6.73. The molecule has 140 valence electrons. The van der Waals surface area contributed by atoms with Crippen LogP contribution in [0.15, 0.2) is 35.6 Å². The number of ether oxygens (including phenoxy) is 1. The highest BCUT2D eigenvalue weighted by atomic mass is 16.5. The van der Waals surface area contributed by atoms with E-state index in [0.29, 0.717) is 11.3 Å². The van der Waals surface area contributed by atoms with Crippen molar-refractivity contribution in [2.24, 2.45) is 11.8 Å². The number of aliphatic hydroxyl groups excluding tert-OH is 2. The first kappa shape index (κ1) is 19.8. The third kappa shape index (κ3) is 3.87. The summed E-state index contributed by atoms with van der Waals surface area (Å²) in [5.74, 6) is -0.690. The second-order valence-electron chi connectivity index (χ2n) is 7.45. The van der Waals surface area contributed by atoms with Gasteiger partial charge in [-0.2, -0.15) is 0 Å². The van der Waals surface area contributed by atoms with Crippen molar-refractivity contribution in [2.75, 3.05) is 6.61 Å². The van der Waals surface area contributed by atoms with E-state index in [1.54, 1.807) is 12.2 Å². The molecular formula is C19H28O6. The van der Waals surface area contributed by atoms with Crippen molar-refractivity contribution in [1.29, 1.82) is 0 Å². The number of fused-ring (bicyclic) bond motifs is 1. The van der Waals surface area contributed by atoms with E-state index in [-0.39, 0.29) is 12.5 Å². The van der Waals surface area contributed by atoms with Crippen molar-refractivity contribution in [1.82, 2.24) is 0 Å². The third-order valence-corrected chi connectivity index (χ3v) is 5.29. The van der Waals surface area contributed by atoms with E-state index in [0.717, 1.165) is 6.42 Å². The highest BCUT2D eigenvalue weighted by Gasteiger charge is 2.47. The lowest BCUT2D eigenvalue weighted by Gasteiger charge is -2.39. The fraction of sp³-hybridized carbons (Fsp3) is 0.632. The number of hydrogen-bond acceptors (Lipinski definition) is 6. The van der Waals surface area contributed by atoms with E-state index in [2.05, 4.69) is 0 Å². The average Bonchev–Trinajstić information content (AvgIpc) is 2.57. The highest BCUT2D eigenvalue weighted by Crippen LogP contribution is 2.35. The summed E-state index contributed by atoms with van der Waals surface area (Å²) < 4.78 is 5.57. The molecule has 0 saturated carbocycles. The van der Waals surface area contributed by atoms with Gasteiger partial charge in [-0.3, -0.25) is 4.79 Å². The van der Waals surface area contributed by atoms with E-state index in [1.807, 2.05) is 13.8 Å². The van der Waals surface area contributed by atoms with Gasteiger partial charge in [0.05, 0.1) is 18.8 Å². The van der Waals surface area contributed by atoms with Crippen LogP contribution in [-0.4, -0.2) is 56.2 Å². The molecule has 0 aromatic rings. The van der Waals surface area contributed by atoms with Crippen molar-refractivity contribution in [3.8, 4) is 0 Å². The Balaban J connectivity index is 2.21. The van der Waals surface area contributed by atoms with Gasteiger partial charge in [-0.15, -0.1) is 0 Å². The fourth-order valence-corrected chi connectivity index (χ4v) is 3.10. The van der Waals surface area contributed by atoms with Gasteiger partial charge in [0.15, 0.2) is 11.4 Å². The summed E-state index contributed by atoms with van der Waals surface area (Å²) in [5, 5.41) is 40.9. The molecular weight excluding hydrogens is 324 g/mol. The number of hydrogen-bond donors (Lipinski definition) is 4. The van der Waals surface area contributed by atoms with Crippen LogP contribution in [0.2, 0.25) is 0 Å². The lowest BCUT2D eigenvalue weighted by Crippen LogP contribution is -2.54. The molecule has 0 unspecified atom stereocenters. The Hall–Kier alpha value is -1.47. The quantitative estimate of drug-likeness (QED) is 0.584. The standard InChI is InChI=1S/C19H28O6/c1-5-11(2)16(21)18(3,23)7-6-13-8-12-9-15(20)19(4,24)17(22)14(12)10-25-13/h6-9,11,14,16-17,21-24H,5,10H2,1-4H3/t11-,14-,16-,17+,18+,19-/m0/s1. The van der Waals surface area contributed by atoms with Crippen LogP contribution >= 0.6 is 0 Å². The number of aliphatic hydroxyl groups is 4. The van der Waals surface area contributed by atoms with Crippen LogP contribution in [0.4, 0.5) is 0 Å². The Morgan fingerprint density at radius 1 is 1.48 bits per heavy atom. The number of rotatable bonds is 5. The topological polar surface area (TPSA) is 107 Å². The van der Waals surface area contributed by atoms with Crippen molar-refractivity contribution in [3.05, 3.63) is 35.6 Å². The van der Waals surface area contributed by atoms with Crippen LogP contribution in [0, 0.1) is 11.8 Å². The summed E-state index contributed by atoms with van der Waals surface area (Å²) >= 11 is 0. The molecule has 0 aromatic heterocycles. The number of allylic oxidation sites excluding steroid dienone is 2. The fourth-order valence-electron chi connectivity index (χ4n) is 3.10. The van der Waals surface area contributed by atoms with Crippen molar-refractivity contribution >= 4 is 5.78 Å². The molecule has 25 heavy (non-hydrogen) atoms. The minimum Gasteiger partial charge on any atom is -0.493 e. The maximum Gasteiger partial charge on any atom is 0.189 e. The first-order chi connectivity index (χ1) is 11.5. The number of carbonyl (C=O) groups excluding carboxylic acids is 1. The predicted molar refractivity (Wildman–Crippen MR) is 92.5 cm³/mol. The van der Waals surface area contributed by atoms with Crippen LogP contribution in [0.5, 0.6) is 0 Å². The smallest absolute Gasteiger partial charge is 0.189 e. The average molecular weight is 352 g/mol. The van der Waals surface area contributed by atoms with Gasteiger partial charge in [0, 0.05) is 5.92 Å². The van der Waals surface area contributed by atoms with Crippen molar-refractivity contribution in [2.45, 2.75) is 57.5 Å². The van der Waals surface area contributed by atoms with Gasteiger partial charge in [0.1, 0.15) is 11.4 Å². The molecule has 0 bridgehead atoms. The zero-order valence-corrected chi connectivity index (χ0v) is 15.1. The minimum atomic E-state index is -1.82. The number of ketones is 1. The summed E-state index contributed by atoms with van der Waals surface area (Å²) in [4.78, 5) is 12.0. The summed E-state index contributed by atoms with van der Waals surface area (Å²) in [5.41, 5.74) is -2.66. The van der Waals surface area contributed by atoms with Gasteiger partial charge in [-0.1, -0.05) is 20.3 Å². The lowest BCUT2D eigenvalue weighted by atomic mass is 9.75. The van der Waals surface area contributed by atoms with Crippen LogP contribution in [0.25, 0.3) is 0 Å². The molecule has 1 heterocycles. The van der Waals surface area contributed by atoms with Gasteiger partial charge in [-0.25, -0.2) is 0 Å². The third-order valence-electron chi connectivity index (χ3n) is 5.29. The molecule has 2 rings (SSSR count). The normalized spacial score (nSPS) is 34.5. The molecule has 0 saturated heterocycles. The Morgan fingerprint density at radius 3 is 2.72 bits per heavy atom. The monoisotopic (exact) mass is 352 g/mol. The lowest BCUT2D eigenvalue weighted by molar-refractivity contribution is -0.150. The second-order valence-corrected chi connectivity index (χ2v) is 7.45. The number of carbonyl (C=O) groups is 1. The Bertz CT molecular complexity index is 613. The van der Waals surface area contributed by atoms with Crippen LogP contribution in [0.3, 0.4) is 0 Å². The molecule has 4 N–H and O–H groups in total. The van der Waals surface area contributed by atoms with Gasteiger partial charge < -0.3 is 25.2 Å².